The van der Waals surface area contributed by atoms with Crippen LogP contribution in [0, 0.1) is 6.92 Å². The molecule has 0 saturated carbocycles. The molecule has 0 atom stereocenters. The van der Waals surface area contributed by atoms with E-state index in [9.17, 15) is 14.4 Å². The molecule has 1 N–H and O–H groups in total. The first-order valence-corrected chi connectivity index (χ1v) is 11.1. The summed E-state index contributed by atoms with van der Waals surface area (Å²) in [4.78, 5) is 41.5. The second-order valence-electron chi connectivity index (χ2n) is 8.14. The van der Waals surface area contributed by atoms with E-state index in [1.165, 1.54) is 0 Å². The van der Waals surface area contributed by atoms with Crippen LogP contribution >= 0.6 is 0 Å². The molecule has 2 aliphatic heterocycles. The molecule has 0 bridgehead atoms. The van der Waals surface area contributed by atoms with Crippen molar-refractivity contribution in [2.75, 3.05) is 39.4 Å². The van der Waals surface area contributed by atoms with E-state index < -0.39 is 0 Å². The van der Waals surface area contributed by atoms with Crippen LogP contribution < -0.4 is 5.32 Å². The van der Waals surface area contributed by atoms with Gasteiger partial charge in [-0.15, -0.1) is 0 Å². The normalized spacial score (nSPS) is 16.5. The standard InChI is InChI=1S/C23H29N5O4/c1-17-5-2-3-6-18(17)16-27-9-4-10-28-20(23(27)31)15-19(25-28)22(30)24-8-7-21(29)26-11-13-32-14-12-26/h2-3,5-6,15H,4,7-14,16H2,1H3,(H,24,30). The van der Waals surface area contributed by atoms with Crippen molar-refractivity contribution in [1.82, 2.24) is 24.9 Å². The fourth-order valence-corrected chi connectivity index (χ4v) is 4.03. The van der Waals surface area contributed by atoms with Gasteiger partial charge in [0, 0.05) is 51.8 Å². The molecule has 0 spiro atoms. The average molecular weight is 440 g/mol. The Morgan fingerprint density at radius 3 is 2.69 bits per heavy atom. The van der Waals surface area contributed by atoms with Crippen molar-refractivity contribution in [2.24, 2.45) is 0 Å². The quantitative estimate of drug-likeness (QED) is 0.730. The number of nitrogens with zero attached hydrogens (tertiary/aromatic N) is 4. The van der Waals surface area contributed by atoms with Crippen molar-refractivity contribution in [3.63, 3.8) is 0 Å². The third kappa shape index (κ3) is 4.99. The molecule has 0 radical (unpaired) electrons. The number of hydrogen-bond donors (Lipinski definition) is 1. The van der Waals surface area contributed by atoms with Crippen LogP contribution in [0.25, 0.3) is 0 Å². The van der Waals surface area contributed by atoms with Gasteiger partial charge in [0.1, 0.15) is 5.69 Å². The largest absolute Gasteiger partial charge is 0.378 e. The van der Waals surface area contributed by atoms with E-state index in [0.717, 1.165) is 17.5 Å². The summed E-state index contributed by atoms with van der Waals surface area (Å²) in [5.74, 6) is -0.505. The Morgan fingerprint density at radius 2 is 1.91 bits per heavy atom. The van der Waals surface area contributed by atoms with Gasteiger partial charge >= 0.3 is 0 Å². The zero-order valence-corrected chi connectivity index (χ0v) is 18.4. The number of carbonyl (C=O) groups is 3. The molecular formula is C23H29N5O4. The van der Waals surface area contributed by atoms with Crippen LogP contribution in [0.4, 0.5) is 0 Å². The SMILES string of the molecule is Cc1ccccc1CN1CCCn2nc(C(=O)NCCC(=O)N3CCOCC3)cc2C1=O. The van der Waals surface area contributed by atoms with Crippen LogP contribution in [-0.2, 0) is 22.6 Å². The molecule has 2 aromatic rings. The van der Waals surface area contributed by atoms with Crippen molar-refractivity contribution in [2.45, 2.75) is 32.9 Å². The first kappa shape index (κ1) is 22.0. The second kappa shape index (κ2) is 9.95. The third-order valence-electron chi connectivity index (χ3n) is 5.93. The maximum absolute atomic E-state index is 13.1. The van der Waals surface area contributed by atoms with Crippen LogP contribution in [0.15, 0.2) is 30.3 Å². The lowest BCUT2D eigenvalue weighted by molar-refractivity contribution is -0.135. The van der Waals surface area contributed by atoms with Gasteiger partial charge < -0.3 is 19.9 Å². The van der Waals surface area contributed by atoms with Crippen LogP contribution in [-0.4, -0.2) is 76.7 Å². The van der Waals surface area contributed by atoms with E-state index in [0.29, 0.717) is 51.6 Å². The maximum atomic E-state index is 13.1. The van der Waals surface area contributed by atoms with E-state index in [4.69, 9.17) is 4.74 Å². The fraction of sp³-hybridized carbons (Fsp3) is 0.478. The molecule has 2 aliphatic rings. The molecule has 9 nitrogen and oxygen atoms in total. The Morgan fingerprint density at radius 1 is 1.12 bits per heavy atom. The summed E-state index contributed by atoms with van der Waals surface area (Å²) in [5.41, 5.74) is 2.87. The van der Waals surface area contributed by atoms with Gasteiger partial charge in [-0.3, -0.25) is 19.1 Å². The lowest BCUT2D eigenvalue weighted by atomic mass is 10.1. The van der Waals surface area contributed by atoms with Crippen molar-refractivity contribution in [1.29, 1.82) is 0 Å². The van der Waals surface area contributed by atoms with Gasteiger partial charge in [-0.2, -0.15) is 5.10 Å². The molecule has 32 heavy (non-hydrogen) atoms. The van der Waals surface area contributed by atoms with Crippen LogP contribution in [0.2, 0.25) is 0 Å². The molecule has 4 rings (SSSR count). The van der Waals surface area contributed by atoms with Crippen LogP contribution in [0.1, 0.15) is 44.9 Å². The highest BCUT2D eigenvalue weighted by Gasteiger charge is 2.26. The number of fused-ring (bicyclic) bond motifs is 1. The van der Waals surface area contributed by atoms with E-state index in [-0.39, 0.29) is 36.4 Å². The first-order valence-electron chi connectivity index (χ1n) is 11.1. The van der Waals surface area contributed by atoms with Gasteiger partial charge in [0.25, 0.3) is 11.8 Å². The van der Waals surface area contributed by atoms with Crippen molar-refractivity contribution >= 4 is 17.7 Å². The Bertz CT molecular complexity index is 996. The summed E-state index contributed by atoms with van der Waals surface area (Å²) < 4.78 is 6.87. The van der Waals surface area contributed by atoms with Crippen LogP contribution in [0.5, 0.6) is 0 Å². The minimum atomic E-state index is -0.376. The number of aryl methyl sites for hydroxylation is 2. The fourth-order valence-electron chi connectivity index (χ4n) is 4.03. The second-order valence-corrected chi connectivity index (χ2v) is 8.14. The Labute approximate surface area is 187 Å². The van der Waals surface area contributed by atoms with Crippen LogP contribution in [0.3, 0.4) is 0 Å². The molecule has 0 unspecified atom stereocenters. The Kier molecular flexibility index (Phi) is 6.84. The lowest BCUT2D eigenvalue weighted by Crippen LogP contribution is -2.42. The summed E-state index contributed by atoms with van der Waals surface area (Å²) in [6.07, 6.45) is 0.990. The maximum Gasteiger partial charge on any atom is 0.272 e. The minimum absolute atomic E-state index is 0.00347. The molecule has 0 aliphatic carbocycles. The molecule has 3 heterocycles. The summed E-state index contributed by atoms with van der Waals surface area (Å²) in [6, 6.07) is 9.58. The molecule has 1 fully saturated rings. The van der Waals surface area contributed by atoms with Crippen molar-refractivity contribution in [3.05, 3.63) is 52.8 Å². The summed E-state index contributed by atoms with van der Waals surface area (Å²) in [5, 5.41) is 7.10. The van der Waals surface area contributed by atoms with E-state index in [1.807, 2.05) is 36.1 Å². The Hall–Kier alpha value is -3.20. The number of aromatic nitrogens is 2. The topological polar surface area (TPSA) is 96.8 Å². The number of carbonyl (C=O) groups excluding carboxylic acids is 3. The van der Waals surface area contributed by atoms with Gasteiger partial charge in [0.2, 0.25) is 5.91 Å². The third-order valence-corrected chi connectivity index (χ3v) is 5.93. The monoisotopic (exact) mass is 439 g/mol. The highest BCUT2D eigenvalue weighted by molar-refractivity contribution is 5.98. The number of hydrogen-bond acceptors (Lipinski definition) is 5. The molecule has 170 valence electrons. The van der Waals surface area contributed by atoms with Gasteiger partial charge in [-0.25, -0.2) is 0 Å². The lowest BCUT2D eigenvalue weighted by Gasteiger charge is -2.26. The Balaban J connectivity index is 1.36. The number of ether oxygens (including phenoxy) is 1. The molecule has 3 amide bonds. The van der Waals surface area contributed by atoms with Gasteiger partial charge in [0.05, 0.1) is 13.2 Å². The first-order chi connectivity index (χ1) is 15.5. The van der Waals surface area contributed by atoms with Crippen molar-refractivity contribution in [3.8, 4) is 0 Å². The molecule has 1 aromatic carbocycles. The smallest absolute Gasteiger partial charge is 0.272 e. The summed E-state index contributed by atoms with van der Waals surface area (Å²) in [6.45, 7) is 6.28. The summed E-state index contributed by atoms with van der Waals surface area (Å²) in [7, 11) is 0. The zero-order chi connectivity index (χ0) is 22.5. The average Bonchev–Trinajstić information content (AvgIpc) is 3.18. The molecule has 1 saturated heterocycles. The predicted octanol–water partition coefficient (Wildman–Crippen LogP) is 1.22. The van der Waals surface area contributed by atoms with Gasteiger partial charge in [-0.1, -0.05) is 24.3 Å². The van der Waals surface area contributed by atoms with E-state index in [2.05, 4.69) is 10.4 Å². The zero-order valence-electron chi connectivity index (χ0n) is 18.4. The van der Waals surface area contributed by atoms with Gasteiger partial charge in [-0.05, 0) is 24.5 Å². The number of benzene rings is 1. The number of rotatable bonds is 6. The molecule has 1 aromatic heterocycles. The number of amides is 3. The van der Waals surface area contributed by atoms with Gasteiger partial charge in [0.15, 0.2) is 5.69 Å². The predicted molar refractivity (Wildman–Crippen MR) is 117 cm³/mol. The number of morpholine rings is 1. The minimum Gasteiger partial charge on any atom is -0.378 e. The highest BCUT2D eigenvalue weighted by atomic mass is 16.5. The molecule has 9 heteroatoms. The van der Waals surface area contributed by atoms with Crippen molar-refractivity contribution < 1.29 is 19.1 Å². The van der Waals surface area contributed by atoms with E-state index in [1.54, 1.807) is 15.6 Å². The summed E-state index contributed by atoms with van der Waals surface area (Å²) >= 11 is 0. The van der Waals surface area contributed by atoms with E-state index >= 15 is 0 Å². The number of nitrogens with one attached hydrogen (secondary N) is 1. The molecular weight excluding hydrogens is 410 g/mol. The highest BCUT2D eigenvalue weighted by Crippen LogP contribution is 2.18.